The molecule has 3 aliphatic rings. The molecular formula is C50H88N4O13. The highest BCUT2D eigenvalue weighted by molar-refractivity contribution is 5.91. The van der Waals surface area contributed by atoms with Crippen molar-refractivity contribution in [1.82, 2.24) is 15.5 Å². The zero-order valence-corrected chi connectivity index (χ0v) is 42.9. The lowest BCUT2D eigenvalue weighted by Crippen LogP contribution is -2.70. The second-order valence-corrected chi connectivity index (χ2v) is 20.6. The first kappa shape index (κ1) is 57.1. The minimum Gasteiger partial charge on any atom is -0.459 e. The largest absolute Gasteiger partial charge is 0.459 e. The van der Waals surface area contributed by atoms with Gasteiger partial charge in [0, 0.05) is 51.3 Å². The van der Waals surface area contributed by atoms with Crippen molar-refractivity contribution in [2.75, 3.05) is 45.2 Å². The maximum absolute atomic E-state index is 14.6. The number of nitrogens with zero attached hydrogens (tertiary/aromatic N) is 2. The van der Waals surface area contributed by atoms with Crippen LogP contribution in [0.15, 0.2) is 30.3 Å². The van der Waals surface area contributed by atoms with Gasteiger partial charge in [-0.05, 0) is 112 Å². The standard InChI is InChI=1S/C50H88N4O13/c1-15-23-51-29-50(61)35(9)64-39(27-48(50,11)62-14)66-41-32(6)43(47(10,59)26-30(4)28-52-34(8)42(56)49(12,60)38(17-3)65-44(57)33(41)7)67-45-40(55)37(25-31(5)63-45)54(24-16-2)46(58)53(13)36-21-19-18-20-22-36/h18-22,30-35,37-43,45,51-52,55-56,59-61H,15-17,23-29H2,1-14H3/t30-,31-,32+,33-,34-,35+,37+,38-,39+,40-,41+,42-,43-,45+,47-,48-,49-,50+/m1/s1. The van der Waals surface area contributed by atoms with Gasteiger partial charge in [-0.1, -0.05) is 52.8 Å². The summed E-state index contributed by atoms with van der Waals surface area (Å²) in [6.07, 6.45) is -7.71. The number of hydrogen-bond donors (Lipinski definition) is 7. The van der Waals surface area contributed by atoms with Crippen LogP contribution < -0.4 is 15.5 Å². The molecular weight excluding hydrogens is 865 g/mol. The van der Waals surface area contributed by atoms with Crippen LogP contribution in [0.5, 0.6) is 0 Å². The molecule has 67 heavy (non-hydrogen) atoms. The molecule has 0 aromatic heterocycles. The van der Waals surface area contributed by atoms with Crippen LogP contribution in [0.2, 0.25) is 0 Å². The van der Waals surface area contributed by atoms with E-state index < -0.39 is 108 Å². The molecule has 0 bridgehead atoms. The van der Waals surface area contributed by atoms with E-state index in [1.165, 1.54) is 14.0 Å². The van der Waals surface area contributed by atoms with Crippen LogP contribution in [0, 0.1) is 17.8 Å². The third-order valence-corrected chi connectivity index (χ3v) is 14.9. The van der Waals surface area contributed by atoms with Crippen molar-refractivity contribution >= 4 is 17.7 Å². The van der Waals surface area contributed by atoms with Gasteiger partial charge >= 0.3 is 12.0 Å². The van der Waals surface area contributed by atoms with Gasteiger partial charge in [-0.3, -0.25) is 9.69 Å². The van der Waals surface area contributed by atoms with E-state index in [9.17, 15) is 35.1 Å². The lowest BCUT2D eigenvalue weighted by Gasteiger charge is -2.53. The Hall–Kier alpha value is -2.52. The van der Waals surface area contributed by atoms with Gasteiger partial charge in [-0.2, -0.15) is 0 Å². The van der Waals surface area contributed by atoms with Crippen LogP contribution in [-0.2, 0) is 33.2 Å². The number of esters is 1. The fourth-order valence-corrected chi connectivity index (χ4v) is 10.6. The number of methoxy groups -OCH3 is 1. The smallest absolute Gasteiger partial charge is 0.324 e. The topological polar surface area (TPSA) is 221 Å². The number of amides is 2. The van der Waals surface area contributed by atoms with E-state index in [0.29, 0.717) is 38.2 Å². The average molecular weight is 953 g/mol. The van der Waals surface area contributed by atoms with Gasteiger partial charge in [0.1, 0.15) is 35.1 Å². The van der Waals surface area contributed by atoms with Crippen molar-refractivity contribution < 1.29 is 63.5 Å². The number of anilines is 1. The minimum absolute atomic E-state index is 0.0481. The molecule has 17 heteroatoms. The van der Waals surface area contributed by atoms with Gasteiger partial charge in [0.2, 0.25) is 0 Å². The molecule has 0 radical (unpaired) electrons. The van der Waals surface area contributed by atoms with E-state index in [1.54, 1.807) is 65.3 Å². The summed E-state index contributed by atoms with van der Waals surface area (Å²) in [4.78, 5) is 32.0. The molecule has 0 aliphatic carbocycles. The Morgan fingerprint density at radius 3 is 2.19 bits per heavy atom. The van der Waals surface area contributed by atoms with Crippen molar-refractivity contribution in [3.63, 3.8) is 0 Å². The quantitative estimate of drug-likeness (QED) is 0.102. The first-order valence-corrected chi connectivity index (χ1v) is 24.8. The van der Waals surface area contributed by atoms with Crippen LogP contribution in [0.1, 0.15) is 122 Å². The van der Waals surface area contributed by atoms with Gasteiger partial charge < -0.3 is 69.5 Å². The molecule has 7 N–H and O–H groups in total. The molecule has 0 saturated carbocycles. The van der Waals surface area contributed by atoms with Crippen LogP contribution in [0.3, 0.4) is 0 Å². The van der Waals surface area contributed by atoms with Crippen molar-refractivity contribution in [3.05, 3.63) is 30.3 Å². The van der Waals surface area contributed by atoms with E-state index in [0.717, 1.165) is 6.42 Å². The van der Waals surface area contributed by atoms with Crippen LogP contribution in [-0.4, -0.2) is 173 Å². The molecule has 2 amide bonds. The van der Waals surface area contributed by atoms with E-state index >= 15 is 0 Å². The second-order valence-electron chi connectivity index (χ2n) is 20.6. The molecule has 3 saturated heterocycles. The molecule has 1 aromatic rings. The van der Waals surface area contributed by atoms with Crippen molar-refractivity contribution in [2.24, 2.45) is 17.8 Å². The molecule has 4 rings (SSSR count). The summed E-state index contributed by atoms with van der Waals surface area (Å²) >= 11 is 0. The van der Waals surface area contributed by atoms with Crippen LogP contribution in [0.25, 0.3) is 0 Å². The summed E-state index contributed by atoms with van der Waals surface area (Å²) < 4.78 is 38.9. The van der Waals surface area contributed by atoms with Gasteiger partial charge in [-0.15, -0.1) is 0 Å². The maximum atomic E-state index is 14.6. The Morgan fingerprint density at radius 2 is 1.60 bits per heavy atom. The third kappa shape index (κ3) is 13.1. The summed E-state index contributed by atoms with van der Waals surface area (Å²) in [6, 6.07) is 7.58. The Bertz CT molecular complexity index is 1690. The van der Waals surface area contributed by atoms with Crippen LogP contribution >= 0.6 is 0 Å². The van der Waals surface area contributed by atoms with Crippen LogP contribution in [0.4, 0.5) is 10.5 Å². The fourth-order valence-electron chi connectivity index (χ4n) is 10.6. The van der Waals surface area contributed by atoms with Crippen molar-refractivity contribution in [3.8, 4) is 0 Å². The van der Waals surface area contributed by atoms with Gasteiger partial charge in [-0.25, -0.2) is 4.79 Å². The third-order valence-electron chi connectivity index (χ3n) is 14.9. The first-order chi connectivity index (χ1) is 31.3. The average Bonchev–Trinajstić information content (AvgIpc) is 3.28. The fraction of sp³-hybridized carbons (Fsp3) is 0.840. The number of urea groups is 1. The number of rotatable bonds is 14. The Labute approximate surface area is 400 Å². The molecule has 1 aromatic carbocycles. The zero-order valence-electron chi connectivity index (χ0n) is 42.9. The Kier molecular flexibility index (Phi) is 20.5. The predicted molar refractivity (Wildman–Crippen MR) is 255 cm³/mol. The number of aliphatic hydroxyl groups excluding tert-OH is 2. The summed E-state index contributed by atoms with van der Waals surface area (Å²) in [7, 11) is 3.22. The number of hydrogen-bond acceptors (Lipinski definition) is 15. The Morgan fingerprint density at radius 1 is 0.940 bits per heavy atom. The summed E-state index contributed by atoms with van der Waals surface area (Å²) in [5.41, 5.74) is -5.52. The van der Waals surface area contributed by atoms with E-state index in [2.05, 4.69) is 10.6 Å². The van der Waals surface area contributed by atoms with Crippen molar-refractivity contribution in [1.29, 1.82) is 0 Å². The normalized spacial score (nSPS) is 41.7. The van der Waals surface area contributed by atoms with Gasteiger partial charge in [0.25, 0.3) is 0 Å². The molecule has 0 unspecified atom stereocenters. The van der Waals surface area contributed by atoms with E-state index in [1.807, 2.05) is 58.0 Å². The second kappa shape index (κ2) is 24.1. The monoisotopic (exact) mass is 953 g/mol. The SMILES string of the molecule is CCCNC[C@]1(O)[C@H](C)O[C@@H](O[C@H]2[C@H](C)[C@@H](O[C@@H]3O[C@H](C)C[C@H](N(CCC)C(=O)N(C)c4ccccc4)[C@H]3O)[C@](C)(O)C[C@@H](C)CN[C@H](C)[C@@H](O)[C@](C)(O)[C@@H](CC)OC(=O)[C@@H]2C)C[C@@]1(C)OC. The number of ether oxygens (including phenoxy) is 6. The maximum Gasteiger partial charge on any atom is 0.324 e. The van der Waals surface area contributed by atoms with Gasteiger partial charge in [0.05, 0.1) is 42.0 Å². The molecule has 18 atom stereocenters. The first-order valence-electron chi connectivity index (χ1n) is 24.8. The molecule has 386 valence electrons. The predicted octanol–water partition coefficient (Wildman–Crippen LogP) is 4.34. The highest BCUT2D eigenvalue weighted by Gasteiger charge is 2.58. The van der Waals surface area contributed by atoms with E-state index in [-0.39, 0.29) is 37.8 Å². The number of nitrogens with one attached hydrogen (secondary N) is 2. The lowest BCUT2D eigenvalue weighted by atomic mass is 9.75. The highest BCUT2D eigenvalue weighted by atomic mass is 16.7. The lowest BCUT2D eigenvalue weighted by molar-refractivity contribution is -0.336. The molecule has 3 aliphatic heterocycles. The minimum atomic E-state index is -1.86. The molecule has 0 spiro atoms. The number of carbonyl (C=O) groups is 2. The number of aliphatic hydroxyl groups is 5. The number of cyclic esters (lactones) is 1. The molecule has 17 nitrogen and oxygen atoms in total. The highest BCUT2D eigenvalue weighted by Crippen LogP contribution is 2.43. The van der Waals surface area contributed by atoms with Crippen molar-refractivity contribution in [2.45, 2.75) is 211 Å². The summed E-state index contributed by atoms with van der Waals surface area (Å²) in [5.74, 6) is -2.96. The zero-order chi connectivity index (χ0) is 50.2. The Balaban J connectivity index is 1.82. The molecule has 3 fully saturated rings. The number of carbonyl (C=O) groups excluding carboxylic acids is 2. The number of para-hydroxylation sites is 1. The van der Waals surface area contributed by atoms with Gasteiger partial charge in [0.15, 0.2) is 12.6 Å². The van der Waals surface area contributed by atoms with E-state index in [4.69, 9.17) is 28.4 Å². The number of benzene rings is 1. The molecule has 3 heterocycles. The summed E-state index contributed by atoms with van der Waals surface area (Å²) in [5, 5.41) is 67.3. The summed E-state index contributed by atoms with van der Waals surface area (Å²) in [6.45, 7) is 22.9.